The molecule has 0 fully saturated rings. The van der Waals surface area contributed by atoms with Gasteiger partial charge in [-0.1, -0.05) is 54.1 Å². The van der Waals surface area contributed by atoms with E-state index in [2.05, 4.69) is 10.6 Å². The zero-order chi connectivity index (χ0) is 22.5. The second-order valence-electron chi connectivity index (χ2n) is 7.55. The number of thiophene rings is 1. The minimum absolute atomic E-state index is 0.125. The molecule has 0 unspecified atom stereocenters. The van der Waals surface area contributed by atoms with Gasteiger partial charge in [0.2, 0.25) is 11.8 Å². The summed E-state index contributed by atoms with van der Waals surface area (Å²) >= 11 is 1.51. The number of anilines is 1. The molecule has 6 nitrogen and oxygen atoms in total. The molecule has 2 amide bonds. The number of carbonyl (C=O) groups excluding carboxylic acids is 2. The van der Waals surface area contributed by atoms with Crippen LogP contribution < -0.4 is 10.6 Å². The Morgan fingerprint density at radius 2 is 1.78 bits per heavy atom. The van der Waals surface area contributed by atoms with Crippen molar-refractivity contribution in [1.29, 1.82) is 0 Å². The van der Waals surface area contributed by atoms with Crippen LogP contribution in [0.2, 0.25) is 0 Å². The van der Waals surface area contributed by atoms with Crippen LogP contribution in [-0.4, -0.2) is 21.6 Å². The van der Waals surface area contributed by atoms with Crippen molar-refractivity contribution in [2.75, 3.05) is 5.32 Å². The molecule has 0 aliphatic carbocycles. The van der Waals surface area contributed by atoms with Crippen molar-refractivity contribution >= 4 is 29.0 Å². The molecule has 0 aliphatic heterocycles. The third kappa shape index (κ3) is 5.12. The summed E-state index contributed by atoms with van der Waals surface area (Å²) in [6, 6.07) is 23.1. The number of aryl methyl sites for hydroxylation is 1. The number of benzene rings is 2. The predicted molar refractivity (Wildman–Crippen MR) is 128 cm³/mol. The minimum Gasteiger partial charge on any atom is -0.348 e. The van der Waals surface area contributed by atoms with Gasteiger partial charge < -0.3 is 10.6 Å². The Kier molecular flexibility index (Phi) is 6.47. The Labute approximate surface area is 190 Å². The van der Waals surface area contributed by atoms with E-state index in [-0.39, 0.29) is 24.3 Å². The molecule has 162 valence electrons. The van der Waals surface area contributed by atoms with E-state index in [1.807, 2.05) is 85.1 Å². The van der Waals surface area contributed by atoms with Gasteiger partial charge in [0, 0.05) is 23.4 Å². The van der Waals surface area contributed by atoms with Crippen LogP contribution >= 0.6 is 11.3 Å². The van der Waals surface area contributed by atoms with E-state index in [0.29, 0.717) is 5.82 Å². The van der Waals surface area contributed by atoms with Gasteiger partial charge in [-0.2, -0.15) is 5.10 Å². The fourth-order valence-electron chi connectivity index (χ4n) is 3.44. The van der Waals surface area contributed by atoms with Gasteiger partial charge >= 0.3 is 0 Å². The van der Waals surface area contributed by atoms with Gasteiger partial charge in [0.1, 0.15) is 5.82 Å². The molecule has 32 heavy (non-hydrogen) atoms. The van der Waals surface area contributed by atoms with Gasteiger partial charge in [-0.25, -0.2) is 4.68 Å². The van der Waals surface area contributed by atoms with Crippen molar-refractivity contribution in [3.63, 3.8) is 0 Å². The van der Waals surface area contributed by atoms with Gasteiger partial charge in [-0.05, 0) is 30.5 Å². The lowest BCUT2D eigenvalue weighted by Gasteiger charge is -2.16. The van der Waals surface area contributed by atoms with Crippen molar-refractivity contribution in [3.8, 4) is 16.9 Å². The summed E-state index contributed by atoms with van der Waals surface area (Å²) in [4.78, 5) is 25.6. The van der Waals surface area contributed by atoms with E-state index in [1.54, 1.807) is 4.68 Å². The van der Waals surface area contributed by atoms with Gasteiger partial charge in [0.05, 0.1) is 23.8 Å². The Bertz CT molecular complexity index is 1200. The molecule has 4 aromatic rings. The summed E-state index contributed by atoms with van der Waals surface area (Å²) < 4.78 is 1.73. The lowest BCUT2D eigenvalue weighted by atomic mass is 10.1. The number of hydrogen-bond acceptors (Lipinski definition) is 4. The monoisotopic (exact) mass is 444 g/mol. The summed E-state index contributed by atoms with van der Waals surface area (Å²) in [5, 5.41) is 12.5. The van der Waals surface area contributed by atoms with E-state index in [0.717, 1.165) is 21.8 Å². The number of carbonyl (C=O) groups is 2. The smallest absolute Gasteiger partial charge is 0.227 e. The van der Waals surface area contributed by atoms with E-state index < -0.39 is 0 Å². The first-order valence-corrected chi connectivity index (χ1v) is 11.2. The van der Waals surface area contributed by atoms with Crippen LogP contribution in [0.5, 0.6) is 0 Å². The van der Waals surface area contributed by atoms with Gasteiger partial charge in [0.15, 0.2) is 0 Å². The third-order valence-electron chi connectivity index (χ3n) is 4.98. The molecule has 2 heterocycles. The van der Waals surface area contributed by atoms with Gasteiger partial charge in [-0.15, -0.1) is 11.3 Å². The molecule has 7 heteroatoms. The van der Waals surface area contributed by atoms with Crippen LogP contribution in [0.4, 0.5) is 5.82 Å². The molecule has 0 radical (unpaired) electrons. The number of nitrogens with one attached hydrogen (secondary N) is 2. The van der Waals surface area contributed by atoms with Crippen LogP contribution in [0.25, 0.3) is 16.9 Å². The molecule has 1 atom stereocenters. The van der Waals surface area contributed by atoms with Crippen molar-refractivity contribution < 1.29 is 9.59 Å². The summed E-state index contributed by atoms with van der Waals surface area (Å²) in [5.74, 6) is 0.196. The Hall–Kier alpha value is -3.71. The Morgan fingerprint density at radius 1 is 1.03 bits per heavy atom. The van der Waals surface area contributed by atoms with E-state index in [4.69, 9.17) is 5.10 Å². The predicted octanol–water partition coefficient (Wildman–Crippen LogP) is 5.12. The summed E-state index contributed by atoms with van der Waals surface area (Å²) in [7, 11) is 0. The molecule has 0 saturated heterocycles. The SMILES string of the molecule is CC(=O)N[C@H](CC(=O)Nc1cc(-c2ccc(C)cc2)nn1-c1ccccc1)c1cccs1. The fraction of sp³-hybridized carbons (Fsp3) is 0.160. The second-order valence-corrected chi connectivity index (χ2v) is 8.53. The Morgan fingerprint density at radius 3 is 2.44 bits per heavy atom. The van der Waals surface area contributed by atoms with E-state index >= 15 is 0 Å². The van der Waals surface area contributed by atoms with Crippen LogP contribution in [0, 0.1) is 6.92 Å². The summed E-state index contributed by atoms with van der Waals surface area (Å²) in [5.41, 5.74) is 3.75. The number of aromatic nitrogens is 2. The number of rotatable bonds is 7. The largest absolute Gasteiger partial charge is 0.348 e. The molecule has 2 aromatic heterocycles. The highest BCUT2D eigenvalue weighted by Gasteiger charge is 2.20. The van der Waals surface area contributed by atoms with Crippen molar-refractivity contribution in [1.82, 2.24) is 15.1 Å². The summed E-state index contributed by atoms with van der Waals surface area (Å²) in [6.45, 7) is 3.49. The maximum absolute atomic E-state index is 13.0. The van der Waals surface area contributed by atoms with E-state index in [9.17, 15) is 9.59 Å². The first-order valence-electron chi connectivity index (χ1n) is 10.3. The van der Waals surface area contributed by atoms with Crippen LogP contribution in [-0.2, 0) is 9.59 Å². The molecule has 0 spiro atoms. The van der Waals surface area contributed by atoms with Crippen LogP contribution in [0.15, 0.2) is 78.2 Å². The lowest BCUT2D eigenvalue weighted by Crippen LogP contribution is -2.29. The molecule has 0 saturated carbocycles. The van der Waals surface area contributed by atoms with E-state index in [1.165, 1.54) is 23.8 Å². The van der Waals surface area contributed by atoms with Crippen LogP contribution in [0.3, 0.4) is 0 Å². The van der Waals surface area contributed by atoms with Gasteiger partial charge in [-0.3, -0.25) is 9.59 Å². The normalized spacial score (nSPS) is 11.7. The number of para-hydroxylation sites is 1. The molecular weight excluding hydrogens is 420 g/mol. The Balaban J connectivity index is 1.62. The molecule has 4 rings (SSSR count). The maximum atomic E-state index is 13.0. The molecular formula is C25H24N4O2S. The van der Waals surface area contributed by atoms with Crippen molar-refractivity contribution in [2.24, 2.45) is 0 Å². The number of amides is 2. The quantitative estimate of drug-likeness (QED) is 0.416. The average molecular weight is 445 g/mol. The molecule has 2 aromatic carbocycles. The van der Waals surface area contributed by atoms with Crippen molar-refractivity contribution in [2.45, 2.75) is 26.3 Å². The maximum Gasteiger partial charge on any atom is 0.227 e. The zero-order valence-electron chi connectivity index (χ0n) is 17.9. The number of hydrogen-bond donors (Lipinski definition) is 2. The minimum atomic E-state index is -0.378. The third-order valence-corrected chi connectivity index (χ3v) is 5.96. The zero-order valence-corrected chi connectivity index (χ0v) is 18.7. The number of nitrogens with zero attached hydrogens (tertiary/aromatic N) is 2. The van der Waals surface area contributed by atoms with Crippen LogP contribution in [0.1, 0.15) is 29.8 Å². The highest BCUT2D eigenvalue weighted by Crippen LogP contribution is 2.27. The van der Waals surface area contributed by atoms with Gasteiger partial charge in [0.25, 0.3) is 0 Å². The summed E-state index contributed by atoms with van der Waals surface area (Å²) in [6.07, 6.45) is 0.125. The second kappa shape index (κ2) is 9.62. The lowest BCUT2D eigenvalue weighted by molar-refractivity contribution is -0.120. The topological polar surface area (TPSA) is 76.0 Å². The highest BCUT2D eigenvalue weighted by atomic mass is 32.1. The first-order chi connectivity index (χ1) is 15.5. The standard InChI is InChI=1S/C25H24N4O2S/c1-17-10-12-19(13-11-17)21-15-24(29(28-21)20-7-4-3-5-8-20)27-25(31)16-22(26-18(2)30)23-9-6-14-32-23/h3-15,22H,16H2,1-2H3,(H,26,30)(H,27,31)/t22-/m1/s1. The first kappa shape index (κ1) is 21.5. The fourth-order valence-corrected chi connectivity index (χ4v) is 4.22. The highest BCUT2D eigenvalue weighted by molar-refractivity contribution is 7.10. The molecule has 0 bridgehead atoms. The average Bonchev–Trinajstić information content (AvgIpc) is 3.45. The van der Waals surface area contributed by atoms with Crippen molar-refractivity contribution in [3.05, 3.63) is 88.6 Å². The molecule has 2 N–H and O–H groups in total. The molecule has 0 aliphatic rings.